The van der Waals surface area contributed by atoms with Gasteiger partial charge in [-0.25, -0.2) is 0 Å². The number of aromatic nitrogens is 2. The number of benzene rings is 1. The van der Waals surface area contributed by atoms with E-state index >= 15 is 0 Å². The molecule has 0 saturated carbocycles. The summed E-state index contributed by atoms with van der Waals surface area (Å²) in [4.78, 5) is 0. The highest BCUT2D eigenvalue weighted by molar-refractivity contribution is 7.14. The fraction of sp³-hybridized carbons (Fsp3) is 0.385. The summed E-state index contributed by atoms with van der Waals surface area (Å²) in [6.07, 6.45) is 0.769. The van der Waals surface area contributed by atoms with Crippen molar-refractivity contribution in [1.29, 1.82) is 0 Å². The Morgan fingerprint density at radius 3 is 2.72 bits per heavy atom. The van der Waals surface area contributed by atoms with Gasteiger partial charge in [0.2, 0.25) is 0 Å². The van der Waals surface area contributed by atoms with E-state index in [9.17, 15) is 0 Å². The summed E-state index contributed by atoms with van der Waals surface area (Å²) in [5.74, 6) is 0.850. The molecule has 0 saturated heterocycles. The maximum Gasteiger partial charge on any atom is 0.151 e. The van der Waals surface area contributed by atoms with Crippen LogP contribution in [0.4, 0.5) is 0 Å². The molecule has 0 aliphatic heterocycles. The summed E-state index contributed by atoms with van der Waals surface area (Å²) < 4.78 is 5.44. The minimum absolute atomic E-state index is 0.596. The van der Waals surface area contributed by atoms with E-state index < -0.39 is 0 Å². The van der Waals surface area contributed by atoms with Crippen molar-refractivity contribution in [2.45, 2.75) is 20.3 Å². The number of rotatable bonds is 4. The maximum atomic E-state index is 5.53. The number of methoxy groups -OCH3 is 1. The second-order valence-corrected chi connectivity index (χ2v) is 5.26. The summed E-state index contributed by atoms with van der Waals surface area (Å²) in [5, 5.41) is 10.3. The van der Waals surface area contributed by atoms with E-state index in [0.29, 0.717) is 6.54 Å². The normalized spacial score (nSPS) is 10.7. The molecule has 18 heavy (non-hydrogen) atoms. The molecule has 1 aromatic carbocycles. The highest BCUT2D eigenvalue weighted by atomic mass is 32.1. The topological polar surface area (TPSA) is 61.0 Å². The highest BCUT2D eigenvalue weighted by Crippen LogP contribution is 2.35. The van der Waals surface area contributed by atoms with Gasteiger partial charge in [0.05, 0.1) is 12.7 Å². The average Bonchev–Trinajstić information content (AvgIpc) is 2.76. The van der Waals surface area contributed by atoms with Crippen LogP contribution >= 0.6 is 11.3 Å². The Balaban J connectivity index is 2.48. The fourth-order valence-electron chi connectivity index (χ4n) is 1.94. The summed E-state index contributed by atoms with van der Waals surface area (Å²) >= 11 is 1.58. The van der Waals surface area contributed by atoms with Gasteiger partial charge in [0.1, 0.15) is 10.8 Å². The third-order valence-corrected chi connectivity index (χ3v) is 3.70. The number of hydrogen-bond acceptors (Lipinski definition) is 5. The molecule has 1 aromatic heterocycles. The molecule has 4 nitrogen and oxygen atoms in total. The monoisotopic (exact) mass is 263 g/mol. The molecule has 1 heterocycles. The van der Waals surface area contributed by atoms with Crippen LogP contribution in [0.1, 0.15) is 16.1 Å². The minimum Gasteiger partial charge on any atom is -0.496 e. The van der Waals surface area contributed by atoms with Crippen molar-refractivity contribution < 1.29 is 4.74 Å². The summed E-state index contributed by atoms with van der Waals surface area (Å²) in [7, 11) is 1.68. The van der Waals surface area contributed by atoms with Gasteiger partial charge in [-0.2, -0.15) is 0 Å². The molecule has 2 N–H and O–H groups in total. The highest BCUT2D eigenvalue weighted by Gasteiger charge is 2.14. The number of nitrogens with zero attached hydrogens (tertiary/aromatic N) is 2. The Bertz CT molecular complexity index is 551. The SMILES string of the molecule is COc1cc(C)cc(C)c1-c1nnc(CCN)s1. The molecule has 0 radical (unpaired) electrons. The van der Waals surface area contributed by atoms with Crippen LogP contribution in [0.15, 0.2) is 12.1 Å². The van der Waals surface area contributed by atoms with E-state index in [4.69, 9.17) is 10.5 Å². The number of hydrogen-bond donors (Lipinski definition) is 1. The van der Waals surface area contributed by atoms with Crippen molar-refractivity contribution in [3.8, 4) is 16.3 Å². The largest absolute Gasteiger partial charge is 0.496 e. The van der Waals surface area contributed by atoms with Crippen LogP contribution in [0.2, 0.25) is 0 Å². The van der Waals surface area contributed by atoms with Crippen molar-refractivity contribution >= 4 is 11.3 Å². The molecular formula is C13H17N3OS. The van der Waals surface area contributed by atoms with Gasteiger partial charge in [0.25, 0.3) is 0 Å². The van der Waals surface area contributed by atoms with Crippen molar-refractivity contribution in [2.24, 2.45) is 5.73 Å². The third-order valence-electron chi connectivity index (χ3n) is 2.70. The lowest BCUT2D eigenvalue weighted by Gasteiger charge is -2.10. The van der Waals surface area contributed by atoms with E-state index in [2.05, 4.69) is 30.1 Å². The summed E-state index contributed by atoms with van der Waals surface area (Å²) in [5.41, 5.74) is 8.90. The Morgan fingerprint density at radius 2 is 2.06 bits per heavy atom. The van der Waals surface area contributed by atoms with Crippen molar-refractivity contribution in [1.82, 2.24) is 10.2 Å². The van der Waals surface area contributed by atoms with Crippen LogP contribution in [-0.2, 0) is 6.42 Å². The predicted molar refractivity (Wildman–Crippen MR) is 74.1 cm³/mol. The molecule has 0 aliphatic carbocycles. The molecule has 0 spiro atoms. The van der Waals surface area contributed by atoms with E-state index in [1.807, 2.05) is 6.07 Å². The van der Waals surface area contributed by atoms with Gasteiger partial charge >= 0.3 is 0 Å². The van der Waals surface area contributed by atoms with Gasteiger partial charge in [-0.1, -0.05) is 17.4 Å². The Kier molecular flexibility index (Phi) is 3.93. The first kappa shape index (κ1) is 13.0. The minimum atomic E-state index is 0.596. The summed E-state index contributed by atoms with van der Waals surface area (Å²) in [6, 6.07) is 4.15. The van der Waals surface area contributed by atoms with Crippen LogP contribution in [0.3, 0.4) is 0 Å². The first-order valence-electron chi connectivity index (χ1n) is 5.83. The quantitative estimate of drug-likeness (QED) is 0.919. The second kappa shape index (κ2) is 5.46. The average molecular weight is 263 g/mol. The van der Waals surface area contributed by atoms with E-state index in [1.54, 1.807) is 18.4 Å². The first-order valence-corrected chi connectivity index (χ1v) is 6.65. The first-order chi connectivity index (χ1) is 8.65. The molecule has 0 amide bonds. The lowest BCUT2D eigenvalue weighted by molar-refractivity contribution is 0.416. The number of nitrogens with two attached hydrogens (primary N) is 1. The maximum absolute atomic E-state index is 5.53. The van der Waals surface area contributed by atoms with Gasteiger partial charge in [-0.05, 0) is 37.6 Å². The zero-order chi connectivity index (χ0) is 13.1. The fourth-order valence-corrected chi connectivity index (χ4v) is 2.91. The van der Waals surface area contributed by atoms with Crippen molar-refractivity contribution in [3.05, 3.63) is 28.3 Å². The van der Waals surface area contributed by atoms with E-state index in [0.717, 1.165) is 33.3 Å². The molecule has 0 unspecified atom stereocenters. The second-order valence-electron chi connectivity index (χ2n) is 4.20. The standard InChI is InChI=1S/C13H17N3OS/c1-8-6-9(2)12(10(7-8)17-3)13-16-15-11(18-13)4-5-14/h6-7H,4-5,14H2,1-3H3. The molecule has 5 heteroatoms. The molecular weight excluding hydrogens is 246 g/mol. The smallest absolute Gasteiger partial charge is 0.151 e. The Morgan fingerprint density at radius 1 is 1.28 bits per heavy atom. The molecule has 96 valence electrons. The lowest BCUT2D eigenvalue weighted by atomic mass is 10.0. The third kappa shape index (κ3) is 2.52. The van der Waals surface area contributed by atoms with Gasteiger partial charge < -0.3 is 10.5 Å². The molecule has 2 rings (SSSR count). The van der Waals surface area contributed by atoms with Crippen LogP contribution in [0.5, 0.6) is 5.75 Å². The van der Waals surface area contributed by atoms with Crippen molar-refractivity contribution in [2.75, 3.05) is 13.7 Å². The molecule has 0 atom stereocenters. The summed E-state index contributed by atoms with van der Waals surface area (Å²) in [6.45, 7) is 4.72. The molecule has 0 aliphatic rings. The zero-order valence-electron chi connectivity index (χ0n) is 10.9. The van der Waals surface area contributed by atoms with E-state index in [1.165, 1.54) is 5.56 Å². The van der Waals surface area contributed by atoms with Gasteiger partial charge in [-0.3, -0.25) is 0 Å². The Hall–Kier alpha value is -1.46. The lowest BCUT2D eigenvalue weighted by Crippen LogP contribution is -2.01. The van der Waals surface area contributed by atoms with Gasteiger partial charge in [0, 0.05) is 6.42 Å². The molecule has 0 fully saturated rings. The van der Waals surface area contributed by atoms with Crippen LogP contribution in [0, 0.1) is 13.8 Å². The van der Waals surface area contributed by atoms with Gasteiger partial charge in [0.15, 0.2) is 5.01 Å². The zero-order valence-corrected chi connectivity index (χ0v) is 11.7. The van der Waals surface area contributed by atoms with Crippen LogP contribution < -0.4 is 10.5 Å². The molecule has 2 aromatic rings. The molecule has 0 bridgehead atoms. The van der Waals surface area contributed by atoms with Crippen LogP contribution in [0.25, 0.3) is 10.6 Å². The van der Waals surface area contributed by atoms with Gasteiger partial charge in [-0.15, -0.1) is 10.2 Å². The number of ether oxygens (including phenoxy) is 1. The Labute approximate surface area is 111 Å². The van der Waals surface area contributed by atoms with Crippen LogP contribution in [-0.4, -0.2) is 23.9 Å². The van der Waals surface area contributed by atoms with E-state index in [-0.39, 0.29) is 0 Å². The predicted octanol–water partition coefficient (Wildman–Crippen LogP) is 2.33. The van der Waals surface area contributed by atoms with Crippen molar-refractivity contribution in [3.63, 3.8) is 0 Å². The number of aryl methyl sites for hydroxylation is 2.